The van der Waals surface area contributed by atoms with E-state index in [0.29, 0.717) is 5.65 Å². The standard InChI is InChI=1S/C38H23N5O/c44-33-19-9-14-27-25-12-1-5-15-29(25)41-22-35(40-38(41)36(27)33)43-32-18-8-4-13-26(32)28-20-21-34(39-37(28)43)42-30-16-6-2-10-23(30)24-11-3-7-17-31(24)42/h1-22,44H. The minimum Gasteiger partial charge on any atom is -0.507 e. The molecule has 5 aromatic heterocycles. The van der Waals surface area contributed by atoms with Gasteiger partial charge in [-0.05, 0) is 47.9 Å². The number of fused-ring (bicyclic) bond motifs is 12. The number of phenols is 1. The van der Waals surface area contributed by atoms with E-state index in [2.05, 4.69) is 117 Å². The van der Waals surface area contributed by atoms with E-state index in [4.69, 9.17) is 9.97 Å². The smallest absolute Gasteiger partial charge is 0.158 e. The van der Waals surface area contributed by atoms with Gasteiger partial charge >= 0.3 is 0 Å². The predicted molar refractivity (Wildman–Crippen MR) is 178 cm³/mol. The van der Waals surface area contributed by atoms with Gasteiger partial charge in [0.25, 0.3) is 0 Å². The minimum absolute atomic E-state index is 0.212. The van der Waals surface area contributed by atoms with Gasteiger partial charge < -0.3 is 5.11 Å². The highest BCUT2D eigenvalue weighted by Crippen LogP contribution is 2.38. The Bertz CT molecular complexity index is 2750. The summed E-state index contributed by atoms with van der Waals surface area (Å²) in [5, 5.41) is 18.4. The van der Waals surface area contributed by atoms with Crippen LogP contribution in [0, 0.1) is 0 Å². The van der Waals surface area contributed by atoms with Crippen LogP contribution in [0.2, 0.25) is 0 Å². The summed E-state index contributed by atoms with van der Waals surface area (Å²) in [6, 6.07) is 43.6. The van der Waals surface area contributed by atoms with E-state index in [1.165, 1.54) is 10.8 Å². The molecule has 5 aromatic carbocycles. The van der Waals surface area contributed by atoms with Crippen LogP contribution in [0.25, 0.3) is 82.7 Å². The van der Waals surface area contributed by atoms with Gasteiger partial charge in [0.05, 0.1) is 33.6 Å². The number of para-hydroxylation sites is 4. The highest BCUT2D eigenvalue weighted by molar-refractivity contribution is 6.14. The Hall–Kier alpha value is -6.14. The van der Waals surface area contributed by atoms with Gasteiger partial charge in [-0.2, -0.15) is 0 Å². The highest BCUT2D eigenvalue weighted by atomic mass is 16.3. The molecule has 0 saturated carbocycles. The quantitative estimate of drug-likeness (QED) is 0.213. The van der Waals surface area contributed by atoms with E-state index in [9.17, 15) is 5.11 Å². The number of hydrogen-bond acceptors (Lipinski definition) is 3. The van der Waals surface area contributed by atoms with E-state index in [0.717, 1.165) is 66.3 Å². The Balaban J connectivity index is 1.33. The maximum atomic E-state index is 11.1. The number of nitrogens with zero attached hydrogens (tertiary/aromatic N) is 5. The number of hydrogen-bond donors (Lipinski definition) is 1. The first kappa shape index (κ1) is 23.4. The van der Waals surface area contributed by atoms with Crippen molar-refractivity contribution in [2.75, 3.05) is 0 Å². The minimum atomic E-state index is 0.212. The molecule has 6 heteroatoms. The second kappa shape index (κ2) is 8.46. The third-order valence-electron chi connectivity index (χ3n) is 8.96. The summed E-state index contributed by atoms with van der Waals surface area (Å²) in [7, 11) is 0. The summed E-state index contributed by atoms with van der Waals surface area (Å²) in [4.78, 5) is 10.6. The maximum absolute atomic E-state index is 11.1. The van der Waals surface area contributed by atoms with Crippen LogP contribution in [-0.4, -0.2) is 28.6 Å². The molecule has 0 bridgehead atoms. The summed E-state index contributed by atoms with van der Waals surface area (Å²) < 4.78 is 6.48. The Labute approximate surface area is 250 Å². The van der Waals surface area contributed by atoms with Gasteiger partial charge in [0, 0.05) is 26.9 Å². The molecule has 0 amide bonds. The molecule has 10 aromatic rings. The zero-order chi connectivity index (χ0) is 28.9. The van der Waals surface area contributed by atoms with Crippen molar-refractivity contribution >= 4 is 71.1 Å². The molecule has 0 spiro atoms. The molecule has 206 valence electrons. The fourth-order valence-corrected chi connectivity index (χ4v) is 7.10. The first-order valence-corrected chi connectivity index (χ1v) is 14.7. The first-order chi connectivity index (χ1) is 21.8. The van der Waals surface area contributed by atoms with E-state index in [1.54, 1.807) is 6.07 Å². The molecule has 44 heavy (non-hydrogen) atoms. The third-order valence-corrected chi connectivity index (χ3v) is 8.96. The highest BCUT2D eigenvalue weighted by Gasteiger charge is 2.20. The summed E-state index contributed by atoms with van der Waals surface area (Å²) in [5.74, 6) is 1.80. The number of aromatic hydroxyl groups is 1. The number of phenolic OH excluding ortho intramolecular Hbond substituents is 1. The summed E-state index contributed by atoms with van der Waals surface area (Å²) in [5.41, 5.74) is 5.81. The lowest BCUT2D eigenvalue weighted by Crippen LogP contribution is -2.01. The lowest BCUT2D eigenvalue weighted by atomic mass is 10.1. The van der Waals surface area contributed by atoms with Gasteiger partial charge in [0.1, 0.15) is 17.2 Å². The molecule has 0 aliphatic rings. The SMILES string of the molecule is Oc1cccc2c3ccccc3n3cc(-n4c5ccccc5c5ccc(-n6c7ccccc7c7ccccc76)nc54)nc3c12. The molecule has 0 unspecified atom stereocenters. The Morgan fingerprint density at radius 1 is 0.409 bits per heavy atom. The third kappa shape index (κ3) is 2.98. The van der Waals surface area contributed by atoms with Gasteiger partial charge in [-0.15, -0.1) is 0 Å². The van der Waals surface area contributed by atoms with Crippen LogP contribution in [0.5, 0.6) is 5.75 Å². The largest absolute Gasteiger partial charge is 0.507 e. The van der Waals surface area contributed by atoms with Crippen molar-refractivity contribution in [1.82, 2.24) is 23.5 Å². The molecule has 6 nitrogen and oxygen atoms in total. The number of aromatic nitrogens is 5. The van der Waals surface area contributed by atoms with Crippen molar-refractivity contribution in [1.29, 1.82) is 0 Å². The fraction of sp³-hybridized carbons (Fsp3) is 0. The predicted octanol–water partition coefficient (Wildman–Crippen LogP) is 8.94. The summed E-state index contributed by atoms with van der Waals surface area (Å²) >= 11 is 0. The van der Waals surface area contributed by atoms with E-state index in [1.807, 2.05) is 24.3 Å². The molecule has 0 aliphatic heterocycles. The summed E-state index contributed by atoms with van der Waals surface area (Å²) in [6.07, 6.45) is 2.06. The molecular weight excluding hydrogens is 542 g/mol. The molecular formula is C38H23N5O. The number of benzene rings is 5. The topological polar surface area (TPSA) is 60.3 Å². The van der Waals surface area contributed by atoms with Crippen molar-refractivity contribution in [3.8, 4) is 17.4 Å². The van der Waals surface area contributed by atoms with Gasteiger partial charge in [-0.1, -0.05) is 84.9 Å². The zero-order valence-corrected chi connectivity index (χ0v) is 23.4. The van der Waals surface area contributed by atoms with Crippen LogP contribution in [0.4, 0.5) is 0 Å². The summed E-state index contributed by atoms with van der Waals surface area (Å²) in [6.45, 7) is 0. The van der Waals surface area contributed by atoms with Crippen molar-refractivity contribution in [2.24, 2.45) is 0 Å². The monoisotopic (exact) mass is 565 g/mol. The lowest BCUT2D eigenvalue weighted by molar-refractivity contribution is 0.482. The zero-order valence-electron chi connectivity index (χ0n) is 23.4. The van der Waals surface area contributed by atoms with Crippen LogP contribution in [0.15, 0.2) is 134 Å². The van der Waals surface area contributed by atoms with Gasteiger partial charge in [-0.25, -0.2) is 9.97 Å². The molecule has 0 fully saturated rings. The number of pyridine rings is 2. The average Bonchev–Trinajstić information content (AvgIpc) is 3.75. The Morgan fingerprint density at radius 3 is 1.61 bits per heavy atom. The Morgan fingerprint density at radius 2 is 0.932 bits per heavy atom. The van der Waals surface area contributed by atoms with Gasteiger partial charge in [0.15, 0.2) is 11.5 Å². The van der Waals surface area contributed by atoms with Crippen LogP contribution < -0.4 is 0 Å². The number of rotatable bonds is 2. The van der Waals surface area contributed by atoms with E-state index >= 15 is 0 Å². The number of imidazole rings is 1. The molecule has 0 atom stereocenters. The van der Waals surface area contributed by atoms with Crippen LogP contribution in [-0.2, 0) is 0 Å². The molecule has 0 radical (unpaired) electrons. The fourth-order valence-electron chi connectivity index (χ4n) is 7.10. The van der Waals surface area contributed by atoms with Gasteiger partial charge in [0.2, 0.25) is 0 Å². The van der Waals surface area contributed by atoms with E-state index < -0.39 is 0 Å². The second-order valence-corrected chi connectivity index (χ2v) is 11.3. The van der Waals surface area contributed by atoms with Crippen molar-refractivity contribution in [3.05, 3.63) is 134 Å². The molecule has 10 rings (SSSR count). The maximum Gasteiger partial charge on any atom is 0.158 e. The van der Waals surface area contributed by atoms with Crippen LogP contribution >= 0.6 is 0 Å². The first-order valence-electron chi connectivity index (χ1n) is 14.7. The second-order valence-electron chi connectivity index (χ2n) is 11.3. The normalized spacial score (nSPS) is 12.2. The van der Waals surface area contributed by atoms with Crippen molar-refractivity contribution in [2.45, 2.75) is 0 Å². The Kier molecular flexibility index (Phi) is 4.50. The molecule has 5 heterocycles. The van der Waals surface area contributed by atoms with Crippen molar-refractivity contribution < 1.29 is 5.11 Å². The van der Waals surface area contributed by atoms with Crippen molar-refractivity contribution in [3.63, 3.8) is 0 Å². The van der Waals surface area contributed by atoms with Gasteiger partial charge in [-0.3, -0.25) is 13.5 Å². The molecule has 0 aliphatic carbocycles. The molecule has 0 saturated heterocycles. The van der Waals surface area contributed by atoms with Crippen LogP contribution in [0.3, 0.4) is 0 Å². The molecule has 1 N–H and O–H groups in total. The van der Waals surface area contributed by atoms with Crippen LogP contribution in [0.1, 0.15) is 0 Å². The average molecular weight is 566 g/mol. The lowest BCUT2D eigenvalue weighted by Gasteiger charge is -2.08. The van der Waals surface area contributed by atoms with E-state index in [-0.39, 0.29) is 5.75 Å².